The van der Waals surface area contributed by atoms with Gasteiger partial charge in [0.1, 0.15) is 5.75 Å². The molecule has 1 saturated heterocycles. The Morgan fingerprint density at radius 3 is 2.24 bits per heavy atom. The van der Waals surface area contributed by atoms with Crippen LogP contribution in [0.15, 0.2) is 47.4 Å². The average Bonchev–Trinajstić information content (AvgIpc) is 2.71. The molecule has 0 aromatic heterocycles. The number of sulfonamides is 1. The summed E-state index contributed by atoms with van der Waals surface area (Å²) in [4.78, 5) is 14.6. The molecule has 29 heavy (non-hydrogen) atoms. The lowest BCUT2D eigenvalue weighted by Gasteiger charge is -2.33. The van der Waals surface area contributed by atoms with Crippen molar-refractivity contribution >= 4 is 21.6 Å². The van der Waals surface area contributed by atoms with Crippen molar-refractivity contribution in [2.24, 2.45) is 0 Å². The molecule has 0 saturated carbocycles. The van der Waals surface area contributed by atoms with Crippen LogP contribution in [0.4, 0.5) is 5.69 Å². The van der Waals surface area contributed by atoms with Gasteiger partial charge in [0.15, 0.2) is 0 Å². The van der Waals surface area contributed by atoms with Crippen LogP contribution < -0.4 is 10.1 Å². The SMILES string of the molecule is COc1ccc(NC(=O)CN2CCN(S(=O)(=O)c3ccc(C)c(C)c3)CC2)cc1. The first-order valence-electron chi connectivity index (χ1n) is 9.53. The van der Waals surface area contributed by atoms with Crippen LogP contribution in [-0.2, 0) is 14.8 Å². The summed E-state index contributed by atoms with van der Waals surface area (Å²) in [7, 11) is -1.92. The minimum absolute atomic E-state index is 0.124. The van der Waals surface area contributed by atoms with Gasteiger partial charge in [0.2, 0.25) is 15.9 Å². The van der Waals surface area contributed by atoms with E-state index in [1.54, 1.807) is 43.5 Å². The number of aryl methyl sites for hydroxylation is 2. The Balaban J connectivity index is 1.54. The Kier molecular flexibility index (Phi) is 6.56. The number of hydrogen-bond donors (Lipinski definition) is 1. The number of methoxy groups -OCH3 is 1. The van der Waals surface area contributed by atoms with E-state index in [0.717, 1.165) is 16.9 Å². The molecule has 0 spiro atoms. The average molecular weight is 418 g/mol. The van der Waals surface area contributed by atoms with Crippen molar-refractivity contribution in [3.05, 3.63) is 53.6 Å². The fourth-order valence-corrected chi connectivity index (χ4v) is 4.74. The number of rotatable bonds is 6. The maximum Gasteiger partial charge on any atom is 0.243 e. The minimum Gasteiger partial charge on any atom is -0.497 e. The predicted molar refractivity (Wildman–Crippen MR) is 113 cm³/mol. The molecule has 7 nitrogen and oxygen atoms in total. The number of anilines is 1. The van der Waals surface area contributed by atoms with Crippen molar-refractivity contribution in [2.45, 2.75) is 18.7 Å². The van der Waals surface area contributed by atoms with E-state index in [2.05, 4.69) is 5.32 Å². The highest BCUT2D eigenvalue weighted by Crippen LogP contribution is 2.20. The number of ether oxygens (including phenoxy) is 1. The fraction of sp³-hybridized carbons (Fsp3) is 0.381. The largest absolute Gasteiger partial charge is 0.497 e. The monoisotopic (exact) mass is 417 g/mol. The molecule has 8 heteroatoms. The molecule has 2 aromatic carbocycles. The predicted octanol–water partition coefficient (Wildman–Crippen LogP) is 2.26. The first-order chi connectivity index (χ1) is 13.8. The minimum atomic E-state index is -3.51. The zero-order valence-corrected chi connectivity index (χ0v) is 17.8. The molecule has 2 aromatic rings. The second kappa shape index (κ2) is 8.94. The molecule has 3 rings (SSSR count). The van der Waals surface area contributed by atoms with Crippen LogP contribution in [0.5, 0.6) is 5.75 Å². The summed E-state index contributed by atoms with van der Waals surface area (Å²) in [5, 5.41) is 2.85. The van der Waals surface area contributed by atoms with E-state index in [1.165, 1.54) is 4.31 Å². The Morgan fingerprint density at radius 2 is 1.66 bits per heavy atom. The smallest absolute Gasteiger partial charge is 0.243 e. The van der Waals surface area contributed by atoms with E-state index in [-0.39, 0.29) is 12.5 Å². The van der Waals surface area contributed by atoms with Crippen molar-refractivity contribution in [1.29, 1.82) is 0 Å². The maximum atomic E-state index is 12.9. The number of nitrogens with one attached hydrogen (secondary N) is 1. The normalized spacial score (nSPS) is 15.8. The van der Waals surface area contributed by atoms with Gasteiger partial charge in [-0.25, -0.2) is 8.42 Å². The summed E-state index contributed by atoms with van der Waals surface area (Å²) < 4.78 is 32.4. The molecule has 0 aliphatic carbocycles. The van der Waals surface area contributed by atoms with Crippen LogP contribution in [0, 0.1) is 13.8 Å². The van der Waals surface area contributed by atoms with Crippen molar-refractivity contribution in [3.63, 3.8) is 0 Å². The lowest BCUT2D eigenvalue weighted by Crippen LogP contribution is -2.50. The van der Waals surface area contributed by atoms with E-state index in [1.807, 2.05) is 24.8 Å². The van der Waals surface area contributed by atoms with Gasteiger partial charge in [-0.3, -0.25) is 9.69 Å². The molecule has 1 fully saturated rings. The van der Waals surface area contributed by atoms with Crippen LogP contribution in [-0.4, -0.2) is 63.4 Å². The molecule has 0 atom stereocenters. The summed E-state index contributed by atoms with van der Waals surface area (Å²) in [6.45, 7) is 5.86. The molecule has 156 valence electrons. The number of piperazine rings is 1. The number of carbonyl (C=O) groups is 1. The van der Waals surface area contributed by atoms with Crippen LogP contribution >= 0.6 is 0 Å². The van der Waals surface area contributed by atoms with Gasteiger partial charge in [0.25, 0.3) is 0 Å². The van der Waals surface area contributed by atoms with Crippen LogP contribution in [0.3, 0.4) is 0 Å². The third kappa shape index (κ3) is 5.14. The van der Waals surface area contributed by atoms with Crippen LogP contribution in [0.2, 0.25) is 0 Å². The quantitative estimate of drug-likeness (QED) is 0.780. The van der Waals surface area contributed by atoms with Gasteiger partial charge in [0.05, 0.1) is 18.6 Å². The van der Waals surface area contributed by atoms with Crippen LogP contribution in [0.1, 0.15) is 11.1 Å². The third-order valence-corrected chi connectivity index (χ3v) is 7.08. The standard InChI is InChI=1S/C21H27N3O4S/c1-16-4-9-20(14-17(16)2)29(26,27)24-12-10-23(11-13-24)15-21(25)22-18-5-7-19(28-3)8-6-18/h4-9,14H,10-13,15H2,1-3H3,(H,22,25). The van der Waals surface area contributed by atoms with Gasteiger partial charge in [-0.2, -0.15) is 4.31 Å². The molecule has 1 aliphatic rings. The van der Waals surface area contributed by atoms with Gasteiger partial charge < -0.3 is 10.1 Å². The van der Waals surface area contributed by atoms with Gasteiger partial charge in [-0.15, -0.1) is 0 Å². The van der Waals surface area contributed by atoms with E-state index in [0.29, 0.717) is 36.8 Å². The summed E-state index contributed by atoms with van der Waals surface area (Å²) in [5.74, 6) is 0.602. The van der Waals surface area contributed by atoms with Crippen molar-refractivity contribution in [1.82, 2.24) is 9.21 Å². The van der Waals surface area contributed by atoms with Gasteiger partial charge in [-0.1, -0.05) is 6.07 Å². The Hall–Kier alpha value is -2.42. The molecule has 1 heterocycles. The Labute approximate surface area is 172 Å². The highest BCUT2D eigenvalue weighted by atomic mass is 32.2. The number of hydrogen-bond acceptors (Lipinski definition) is 5. The first-order valence-corrected chi connectivity index (χ1v) is 11.0. The lowest BCUT2D eigenvalue weighted by atomic mass is 10.1. The van der Waals surface area contributed by atoms with Crippen molar-refractivity contribution in [2.75, 3.05) is 45.2 Å². The molecule has 0 unspecified atom stereocenters. The summed E-state index contributed by atoms with van der Waals surface area (Å²) in [6, 6.07) is 12.3. The number of nitrogens with zero attached hydrogens (tertiary/aromatic N) is 2. The summed E-state index contributed by atoms with van der Waals surface area (Å²) >= 11 is 0. The van der Waals surface area contributed by atoms with Gasteiger partial charge in [-0.05, 0) is 61.4 Å². The first kappa shape index (κ1) is 21.3. The van der Waals surface area contributed by atoms with Crippen molar-refractivity contribution in [3.8, 4) is 5.75 Å². The van der Waals surface area contributed by atoms with E-state index in [4.69, 9.17) is 4.74 Å². The number of benzene rings is 2. The van der Waals surface area contributed by atoms with E-state index in [9.17, 15) is 13.2 Å². The number of amides is 1. The summed E-state index contributed by atoms with van der Waals surface area (Å²) in [6.07, 6.45) is 0. The molecule has 1 amide bonds. The number of carbonyl (C=O) groups excluding carboxylic acids is 1. The van der Waals surface area contributed by atoms with E-state index >= 15 is 0 Å². The molecular formula is C21H27N3O4S. The third-order valence-electron chi connectivity index (χ3n) is 5.19. The highest BCUT2D eigenvalue weighted by molar-refractivity contribution is 7.89. The molecule has 0 radical (unpaired) electrons. The maximum absolute atomic E-state index is 12.9. The fourth-order valence-electron chi connectivity index (χ4n) is 3.23. The molecule has 1 N–H and O–H groups in total. The van der Waals surface area contributed by atoms with E-state index < -0.39 is 10.0 Å². The van der Waals surface area contributed by atoms with Gasteiger partial charge >= 0.3 is 0 Å². The van der Waals surface area contributed by atoms with Crippen molar-refractivity contribution < 1.29 is 17.9 Å². The van der Waals surface area contributed by atoms with Gasteiger partial charge in [0, 0.05) is 31.9 Å². The second-order valence-corrected chi connectivity index (χ2v) is 9.14. The Morgan fingerprint density at radius 1 is 1.00 bits per heavy atom. The van der Waals surface area contributed by atoms with Crippen LogP contribution in [0.25, 0.3) is 0 Å². The Bertz CT molecular complexity index is 966. The second-order valence-electron chi connectivity index (χ2n) is 7.20. The molecular weight excluding hydrogens is 390 g/mol. The summed E-state index contributed by atoms with van der Waals surface area (Å²) in [5.41, 5.74) is 2.73. The molecule has 1 aliphatic heterocycles. The highest BCUT2D eigenvalue weighted by Gasteiger charge is 2.29. The topological polar surface area (TPSA) is 79.0 Å². The molecule has 0 bridgehead atoms. The lowest BCUT2D eigenvalue weighted by molar-refractivity contribution is -0.117. The zero-order valence-electron chi connectivity index (χ0n) is 17.0. The zero-order chi connectivity index (χ0) is 21.0.